The molecule has 0 fully saturated rings. The number of anilines is 3. The number of nitrogens with two attached hydrogens (primary N) is 3. The molecule has 1 aromatic rings. The molecule has 0 atom stereocenters. The van der Waals surface area contributed by atoms with Crippen molar-refractivity contribution in [1.29, 1.82) is 0 Å². The van der Waals surface area contributed by atoms with Crippen LogP contribution in [0.3, 0.4) is 0 Å². The number of nitrogens with zero attached hydrogens (tertiary/aromatic N) is 3. The molecule has 0 unspecified atom stereocenters. The fraction of sp³-hybridized carbons (Fsp3) is 0. The first-order valence-electron chi connectivity index (χ1n) is 2.81. The summed E-state index contributed by atoms with van der Waals surface area (Å²) in [6, 6.07) is 0. The third-order valence-electron chi connectivity index (χ3n) is 0.687. The minimum absolute atomic E-state index is 0. The summed E-state index contributed by atoms with van der Waals surface area (Å²) >= 11 is 0. The Labute approximate surface area is 113 Å². The van der Waals surface area contributed by atoms with E-state index in [2.05, 4.69) is 15.0 Å². The second-order valence-corrected chi connectivity index (χ2v) is 2.21. The first-order chi connectivity index (χ1) is 5.91. The van der Waals surface area contributed by atoms with Crippen molar-refractivity contribution < 1.29 is 17.5 Å². The molecule has 0 aliphatic heterocycles. The number of hydrogen-bond acceptors (Lipinski definition) is 9. The van der Waals surface area contributed by atoms with Gasteiger partial charge in [-0.15, -0.1) is 0 Å². The fourth-order valence-electron chi connectivity index (χ4n) is 0.427. The molecule has 0 bridgehead atoms. The number of rotatable bonds is 0. The van der Waals surface area contributed by atoms with E-state index in [9.17, 15) is 0 Å². The van der Waals surface area contributed by atoms with Crippen LogP contribution in [0.1, 0.15) is 2.85 Å². The molecule has 0 aromatic carbocycles. The zero-order chi connectivity index (χ0) is 10.4. The van der Waals surface area contributed by atoms with E-state index in [0.29, 0.717) is 0 Å². The predicted molar refractivity (Wildman–Crippen MR) is 54.6 cm³/mol. The molecule has 0 amide bonds. The van der Waals surface area contributed by atoms with Crippen molar-refractivity contribution in [3.05, 3.63) is 0 Å². The minimum atomic E-state index is -2.62. The van der Waals surface area contributed by atoms with Crippen molar-refractivity contribution in [2.75, 3.05) is 17.2 Å². The quantitative estimate of drug-likeness (QED) is 0.217. The molecule has 78 valence electrons. The van der Waals surface area contributed by atoms with Crippen molar-refractivity contribution in [1.82, 2.24) is 15.0 Å². The van der Waals surface area contributed by atoms with Crippen LogP contribution < -0.4 is 17.2 Å². The molecule has 0 aliphatic carbocycles. The van der Waals surface area contributed by atoms with Gasteiger partial charge in [-0.3, -0.25) is 0 Å². The zero-order valence-electron chi connectivity index (χ0n) is 9.07. The second kappa shape index (κ2) is 8.30. The third kappa shape index (κ3) is 10.1. The van der Waals surface area contributed by atoms with E-state index < -0.39 is 8.60 Å². The average Bonchev–Trinajstić information content (AvgIpc) is 1.80. The van der Waals surface area contributed by atoms with Crippen LogP contribution >= 0.6 is 8.60 Å². The number of nitrogen functional groups attached to an aromatic ring is 3. The van der Waals surface area contributed by atoms with E-state index in [1.54, 1.807) is 0 Å². The Morgan fingerprint density at radius 1 is 0.857 bits per heavy atom. The van der Waals surface area contributed by atoms with Gasteiger partial charge in [0.25, 0.3) is 0 Å². The molecule has 1 heterocycles. The van der Waals surface area contributed by atoms with Crippen molar-refractivity contribution in [2.45, 2.75) is 0 Å². The van der Waals surface area contributed by atoms with Crippen LogP contribution in [0.5, 0.6) is 0 Å². The molecule has 1 rings (SSSR count). The van der Waals surface area contributed by atoms with Gasteiger partial charge in [0.2, 0.25) is 17.8 Å². The normalized spacial score (nSPS) is 8.57. The van der Waals surface area contributed by atoms with Gasteiger partial charge in [-0.1, -0.05) is 0 Å². The van der Waals surface area contributed by atoms with Crippen LogP contribution in [0.15, 0.2) is 0 Å². The molecule has 0 aliphatic rings. The molecule has 1 aromatic heterocycles. The van der Waals surface area contributed by atoms with Gasteiger partial charge in [-0.2, -0.15) is 15.0 Å². The summed E-state index contributed by atoms with van der Waals surface area (Å²) in [6.07, 6.45) is 0. The molecule has 0 saturated heterocycles. The topological polar surface area (TPSA) is 177 Å². The van der Waals surface area contributed by atoms with Crippen molar-refractivity contribution in [3.63, 3.8) is 0 Å². The van der Waals surface area contributed by atoms with E-state index in [1.165, 1.54) is 0 Å². The van der Waals surface area contributed by atoms with Crippen molar-refractivity contribution in [3.8, 4) is 0 Å². The Bertz CT molecular complexity index is 230. The molecule has 0 radical (unpaired) electrons. The van der Waals surface area contributed by atoms with Gasteiger partial charge < -0.3 is 34.7 Å². The smallest absolute Gasteiger partial charge is 1.00 e. The summed E-state index contributed by atoms with van der Waals surface area (Å²) < 4.78 is 0. The number of hydrogen-bond donors (Lipinski definition) is 6. The van der Waals surface area contributed by atoms with Crippen LogP contribution in [-0.2, 0) is 0 Å². The van der Waals surface area contributed by atoms with Gasteiger partial charge in [0, 0.05) is 0 Å². The van der Waals surface area contributed by atoms with Gasteiger partial charge in [0.1, 0.15) is 0 Å². The first kappa shape index (κ1) is 16.4. The number of aromatic nitrogens is 3. The molecule has 9 nitrogen and oxygen atoms in total. The summed E-state index contributed by atoms with van der Waals surface area (Å²) in [4.78, 5) is 32.2. The molecule has 9 N–H and O–H groups in total. The summed E-state index contributed by atoms with van der Waals surface area (Å²) in [5.74, 6) is 0.125. The zero-order valence-corrected chi connectivity index (χ0v) is 10.2. The van der Waals surface area contributed by atoms with E-state index in [1.807, 2.05) is 0 Å². The molecular formula is C3H11CaN6O3P. The maximum Gasteiger partial charge on any atom is 2.00 e. The van der Waals surface area contributed by atoms with E-state index >= 15 is 0 Å². The Morgan fingerprint density at radius 3 is 1.14 bits per heavy atom. The molecular weight excluding hydrogens is 239 g/mol. The van der Waals surface area contributed by atoms with Crippen LogP contribution in [0, 0.1) is 0 Å². The van der Waals surface area contributed by atoms with Crippen LogP contribution in [-0.4, -0.2) is 67.4 Å². The average molecular weight is 250 g/mol. The Morgan fingerprint density at radius 2 is 1.00 bits per heavy atom. The Kier molecular flexibility index (Phi) is 9.73. The van der Waals surface area contributed by atoms with E-state index in [0.717, 1.165) is 0 Å². The summed E-state index contributed by atoms with van der Waals surface area (Å²) in [7, 11) is -2.62. The molecule has 0 spiro atoms. The van der Waals surface area contributed by atoms with E-state index in [4.69, 9.17) is 31.9 Å². The van der Waals surface area contributed by atoms with Gasteiger partial charge >= 0.3 is 46.3 Å². The SMILES string of the molecule is Nc1nc(N)nc(N)n1.OP(O)O.[Ca+2].[H-].[H-]. The minimum Gasteiger partial charge on any atom is -1.00 e. The van der Waals surface area contributed by atoms with Crippen molar-refractivity contribution >= 4 is 64.2 Å². The molecule has 11 heteroatoms. The van der Waals surface area contributed by atoms with Crippen LogP contribution in [0.2, 0.25) is 0 Å². The molecule has 14 heavy (non-hydrogen) atoms. The Balaban J connectivity index is -0.0000000921. The summed E-state index contributed by atoms with van der Waals surface area (Å²) in [5, 5.41) is 0. The Hall–Kier alpha value is -0.0203. The monoisotopic (exact) mass is 250 g/mol. The third-order valence-corrected chi connectivity index (χ3v) is 0.687. The van der Waals surface area contributed by atoms with Gasteiger partial charge in [-0.05, 0) is 0 Å². The second-order valence-electron chi connectivity index (χ2n) is 1.68. The van der Waals surface area contributed by atoms with Crippen molar-refractivity contribution in [2.24, 2.45) is 0 Å². The predicted octanol–water partition coefficient (Wildman–Crippen LogP) is -2.35. The fourth-order valence-corrected chi connectivity index (χ4v) is 0.427. The van der Waals surface area contributed by atoms with E-state index in [-0.39, 0.29) is 58.4 Å². The first-order valence-corrected chi connectivity index (χ1v) is 4.01. The van der Waals surface area contributed by atoms with Gasteiger partial charge in [0.15, 0.2) is 0 Å². The summed E-state index contributed by atoms with van der Waals surface area (Å²) in [5.41, 5.74) is 15.4. The maximum atomic E-state index is 7.23. The van der Waals surface area contributed by atoms with Gasteiger partial charge in [-0.25, -0.2) is 0 Å². The van der Waals surface area contributed by atoms with Crippen LogP contribution in [0.25, 0.3) is 0 Å². The molecule has 0 saturated carbocycles. The maximum absolute atomic E-state index is 7.23. The van der Waals surface area contributed by atoms with Gasteiger partial charge in [0.05, 0.1) is 0 Å². The van der Waals surface area contributed by atoms with Crippen LogP contribution in [0.4, 0.5) is 17.8 Å². The largest absolute Gasteiger partial charge is 2.00 e. The summed E-state index contributed by atoms with van der Waals surface area (Å²) in [6.45, 7) is 0. The standard InChI is InChI=1S/C3H6N6.Ca.H3O3P.2H/c4-1-7-2(5)9-3(6)8-1;;1-4(2)3;;/h(H6,4,5,6,7,8,9);;1-3H;;/q;+2;;2*-1.